The fourth-order valence-electron chi connectivity index (χ4n) is 1.86. The first-order valence-electron chi connectivity index (χ1n) is 6.96. The van der Waals surface area contributed by atoms with E-state index in [-0.39, 0.29) is 12.1 Å². The van der Waals surface area contributed by atoms with Crippen molar-refractivity contribution < 1.29 is 24.2 Å². The maximum absolute atomic E-state index is 11.5. The van der Waals surface area contributed by atoms with Gasteiger partial charge in [-0.3, -0.25) is 0 Å². The maximum Gasteiger partial charge on any atom is 0.332 e. The highest BCUT2D eigenvalue weighted by Gasteiger charge is 2.30. The summed E-state index contributed by atoms with van der Waals surface area (Å²) < 4.78 is 10.6. The highest BCUT2D eigenvalue weighted by atomic mass is 16.5. The monoisotopic (exact) mass is 288 g/mol. The van der Waals surface area contributed by atoms with E-state index in [1.165, 1.54) is 0 Å². The predicted octanol–water partition coefficient (Wildman–Crippen LogP) is 0.590. The van der Waals surface area contributed by atoms with Crippen molar-refractivity contribution in [3.63, 3.8) is 0 Å². The van der Waals surface area contributed by atoms with Crippen LogP contribution in [0.1, 0.15) is 26.7 Å². The molecule has 7 nitrogen and oxygen atoms in total. The molecular weight excluding hydrogens is 264 g/mol. The van der Waals surface area contributed by atoms with Gasteiger partial charge in [0.1, 0.15) is 0 Å². The van der Waals surface area contributed by atoms with E-state index in [0.717, 1.165) is 0 Å². The lowest BCUT2D eigenvalue weighted by atomic mass is 10.2. The Morgan fingerprint density at radius 3 is 2.70 bits per heavy atom. The molecule has 0 bridgehead atoms. The SMILES string of the molecule is CC(C)COCCNC(=O)NCC1CCC(C(=O)O)O1. The number of hydrogen-bond donors (Lipinski definition) is 3. The van der Waals surface area contributed by atoms with E-state index in [1.54, 1.807) is 0 Å². The molecule has 0 aliphatic carbocycles. The van der Waals surface area contributed by atoms with Crippen molar-refractivity contribution in [1.82, 2.24) is 10.6 Å². The van der Waals surface area contributed by atoms with E-state index < -0.39 is 12.1 Å². The number of nitrogens with one attached hydrogen (secondary N) is 2. The second-order valence-electron chi connectivity index (χ2n) is 5.27. The van der Waals surface area contributed by atoms with Crippen molar-refractivity contribution in [1.29, 1.82) is 0 Å². The molecule has 20 heavy (non-hydrogen) atoms. The van der Waals surface area contributed by atoms with Crippen LogP contribution in [0.15, 0.2) is 0 Å². The number of carboxylic acid groups (broad SMARTS) is 1. The molecule has 116 valence electrons. The zero-order valence-electron chi connectivity index (χ0n) is 12.1. The fourth-order valence-corrected chi connectivity index (χ4v) is 1.86. The molecule has 1 rings (SSSR count). The Hall–Kier alpha value is -1.34. The Morgan fingerprint density at radius 1 is 1.35 bits per heavy atom. The smallest absolute Gasteiger partial charge is 0.332 e. The summed E-state index contributed by atoms with van der Waals surface area (Å²) in [5.41, 5.74) is 0. The van der Waals surface area contributed by atoms with Crippen molar-refractivity contribution in [3.8, 4) is 0 Å². The quantitative estimate of drug-likeness (QED) is 0.568. The number of rotatable bonds is 8. The summed E-state index contributed by atoms with van der Waals surface area (Å²) >= 11 is 0. The lowest BCUT2D eigenvalue weighted by Crippen LogP contribution is -2.41. The van der Waals surface area contributed by atoms with Gasteiger partial charge in [0.2, 0.25) is 0 Å². The Morgan fingerprint density at radius 2 is 2.10 bits per heavy atom. The second kappa shape index (κ2) is 8.76. The van der Waals surface area contributed by atoms with E-state index >= 15 is 0 Å². The van der Waals surface area contributed by atoms with Gasteiger partial charge in [-0.1, -0.05) is 13.8 Å². The van der Waals surface area contributed by atoms with E-state index in [1.807, 2.05) is 0 Å². The lowest BCUT2D eigenvalue weighted by Gasteiger charge is -2.13. The first kappa shape index (κ1) is 16.7. The van der Waals surface area contributed by atoms with Gasteiger partial charge in [0, 0.05) is 19.7 Å². The molecule has 7 heteroatoms. The Kier molecular flexibility index (Phi) is 7.32. The normalized spacial score (nSPS) is 21.9. The summed E-state index contributed by atoms with van der Waals surface area (Å²) in [5, 5.41) is 14.1. The third-order valence-corrected chi connectivity index (χ3v) is 2.86. The summed E-state index contributed by atoms with van der Waals surface area (Å²) in [6, 6.07) is -0.291. The number of carbonyl (C=O) groups excluding carboxylic acids is 1. The number of amides is 2. The van der Waals surface area contributed by atoms with E-state index in [9.17, 15) is 9.59 Å². The van der Waals surface area contributed by atoms with Gasteiger partial charge < -0.3 is 25.2 Å². The average molecular weight is 288 g/mol. The summed E-state index contributed by atoms with van der Waals surface area (Å²) in [4.78, 5) is 22.2. The third-order valence-electron chi connectivity index (χ3n) is 2.86. The van der Waals surface area contributed by atoms with Crippen molar-refractivity contribution >= 4 is 12.0 Å². The minimum absolute atomic E-state index is 0.223. The van der Waals surface area contributed by atoms with Gasteiger partial charge in [0.25, 0.3) is 0 Å². The predicted molar refractivity (Wildman–Crippen MR) is 72.6 cm³/mol. The van der Waals surface area contributed by atoms with Crippen LogP contribution in [0.25, 0.3) is 0 Å². The molecular formula is C13H24N2O5. The Labute approximate surface area is 119 Å². The first-order chi connectivity index (χ1) is 9.49. The maximum atomic E-state index is 11.5. The molecule has 1 saturated heterocycles. The molecule has 0 aromatic heterocycles. The van der Waals surface area contributed by atoms with Crippen molar-refractivity contribution in [3.05, 3.63) is 0 Å². The fraction of sp³-hybridized carbons (Fsp3) is 0.846. The Balaban J connectivity index is 2.02. The minimum Gasteiger partial charge on any atom is -0.479 e. The van der Waals surface area contributed by atoms with Crippen molar-refractivity contribution in [2.45, 2.75) is 38.9 Å². The van der Waals surface area contributed by atoms with Crippen LogP contribution in [0.2, 0.25) is 0 Å². The van der Waals surface area contributed by atoms with Gasteiger partial charge in [-0.05, 0) is 18.8 Å². The molecule has 0 spiro atoms. The molecule has 1 fully saturated rings. The van der Waals surface area contributed by atoms with E-state index in [0.29, 0.717) is 45.1 Å². The van der Waals surface area contributed by atoms with Gasteiger partial charge in [-0.25, -0.2) is 9.59 Å². The molecule has 2 unspecified atom stereocenters. The number of aliphatic carboxylic acids is 1. The standard InChI is InChI=1S/C13H24N2O5/c1-9(2)8-19-6-5-14-13(18)15-7-10-3-4-11(20-10)12(16)17/h9-11H,3-8H2,1-2H3,(H,16,17)(H2,14,15,18). The highest BCUT2D eigenvalue weighted by Crippen LogP contribution is 2.18. The van der Waals surface area contributed by atoms with Crippen molar-refractivity contribution in [2.24, 2.45) is 5.92 Å². The minimum atomic E-state index is -0.945. The number of ether oxygens (including phenoxy) is 2. The molecule has 0 radical (unpaired) electrons. The topological polar surface area (TPSA) is 96.9 Å². The highest BCUT2D eigenvalue weighted by molar-refractivity contribution is 5.74. The lowest BCUT2D eigenvalue weighted by molar-refractivity contribution is -0.149. The number of carboxylic acids is 1. The van der Waals surface area contributed by atoms with Crippen LogP contribution >= 0.6 is 0 Å². The molecule has 2 amide bonds. The number of urea groups is 1. The first-order valence-corrected chi connectivity index (χ1v) is 6.96. The van der Waals surface area contributed by atoms with Crippen LogP contribution in [0.4, 0.5) is 4.79 Å². The largest absolute Gasteiger partial charge is 0.479 e. The molecule has 0 saturated carbocycles. The molecule has 0 aromatic rings. The van der Waals surface area contributed by atoms with Crippen molar-refractivity contribution in [2.75, 3.05) is 26.3 Å². The molecule has 2 atom stereocenters. The van der Waals surface area contributed by atoms with Gasteiger partial charge in [0.15, 0.2) is 6.10 Å². The van der Waals surface area contributed by atoms with Crippen LogP contribution in [0, 0.1) is 5.92 Å². The van der Waals surface area contributed by atoms with Gasteiger partial charge in [0.05, 0.1) is 12.7 Å². The average Bonchev–Trinajstić information content (AvgIpc) is 2.84. The van der Waals surface area contributed by atoms with Gasteiger partial charge >= 0.3 is 12.0 Å². The molecule has 1 aliphatic rings. The van der Waals surface area contributed by atoms with Crippen LogP contribution in [0.3, 0.4) is 0 Å². The van der Waals surface area contributed by atoms with Crippen LogP contribution < -0.4 is 10.6 Å². The molecule has 1 aliphatic heterocycles. The Bertz CT molecular complexity index is 322. The second-order valence-corrected chi connectivity index (χ2v) is 5.27. The zero-order chi connectivity index (χ0) is 15.0. The van der Waals surface area contributed by atoms with Crippen LogP contribution in [-0.4, -0.2) is 55.6 Å². The molecule has 3 N–H and O–H groups in total. The summed E-state index contributed by atoms with van der Waals surface area (Å²) in [5.74, 6) is -0.468. The van der Waals surface area contributed by atoms with E-state index in [2.05, 4.69) is 24.5 Å². The zero-order valence-corrected chi connectivity index (χ0v) is 12.1. The number of carbonyl (C=O) groups is 2. The van der Waals surface area contributed by atoms with Crippen LogP contribution in [0.5, 0.6) is 0 Å². The third kappa shape index (κ3) is 6.72. The van der Waals surface area contributed by atoms with Gasteiger partial charge in [-0.15, -0.1) is 0 Å². The molecule has 0 aromatic carbocycles. The summed E-state index contributed by atoms with van der Waals surface area (Å²) in [7, 11) is 0. The van der Waals surface area contributed by atoms with E-state index in [4.69, 9.17) is 14.6 Å². The summed E-state index contributed by atoms with van der Waals surface area (Å²) in [6.07, 6.45) is 0.175. The number of hydrogen-bond acceptors (Lipinski definition) is 4. The van der Waals surface area contributed by atoms with Crippen LogP contribution in [-0.2, 0) is 14.3 Å². The molecule has 1 heterocycles. The summed E-state index contributed by atoms with van der Waals surface area (Å²) in [6.45, 7) is 6.05. The van der Waals surface area contributed by atoms with Gasteiger partial charge in [-0.2, -0.15) is 0 Å².